The molecule has 0 aliphatic carbocycles. The monoisotopic (exact) mass is 255 g/mol. The molecule has 0 heterocycles. The topological polar surface area (TPSA) is 46.2 Å². The summed E-state index contributed by atoms with van der Waals surface area (Å²) in [6.45, 7) is -0.434. The summed E-state index contributed by atoms with van der Waals surface area (Å²) in [5.74, 6) is 0.229. The minimum absolute atomic E-state index is 0. The lowest BCUT2D eigenvalue weighted by Crippen LogP contribution is -2.11. The number of hydrogen-bond acceptors (Lipinski definition) is 2. The molecule has 0 bridgehead atoms. The molecule has 92 valence electrons. The van der Waals surface area contributed by atoms with Gasteiger partial charge in [-0.25, -0.2) is 0 Å². The molecule has 4 heteroatoms. The number of phenols is 1. The molecular weight excluding hydrogens is 241 g/mol. The highest BCUT2D eigenvalue weighted by Crippen LogP contribution is 2.30. The molecule has 2 rings (SSSR count). The molecule has 0 amide bonds. The van der Waals surface area contributed by atoms with Crippen LogP contribution < -0.4 is 5.73 Å². The van der Waals surface area contributed by atoms with E-state index in [1.165, 1.54) is 0 Å². The number of fused-ring (bicyclic) bond motifs is 1. The Morgan fingerprint density at radius 3 is 2.41 bits per heavy atom. The Balaban J connectivity index is 0.00000144. The Labute approximate surface area is 106 Å². The summed E-state index contributed by atoms with van der Waals surface area (Å²) in [5, 5.41) is 11.3. The maximum Gasteiger partial charge on any atom is 0.123 e. The Hall–Kier alpha value is -1.32. The molecule has 0 aliphatic heterocycles. The van der Waals surface area contributed by atoms with E-state index in [1.54, 1.807) is 12.1 Å². The van der Waals surface area contributed by atoms with Crippen LogP contribution in [0.25, 0.3) is 10.8 Å². The predicted octanol–water partition coefficient (Wildman–Crippen LogP) is 3.33. The van der Waals surface area contributed by atoms with Crippen LogP contribution in [0.15, 0.2) is 36.4 Å². The standard InChI is InChI=1S/C13H14FNO.ClH/c14-8-7-12(15)10-5-6-13(16)11-4-2-1-3-9(10)11;/h1-6,12,16H,7-8,15H2;1H/t12-;/m0./s1. The van der Waals surface area contributed by atoms with Crippen LogP contribution in [-0.4, -0.2) is 11.8 Å². The lowest BCUT2D eigenvalue weighted by atomic mass is 9.97. The molecule has 0 saturated heterocycles. The van der Waals surface area contributed by atoms with Gasteiger partial charge in [0.1, 0.15) is 5.75 Å². The van der Waals surface area contributed by atoms with Crippen molar-refractivity contribution < 1.29 is 9.50 Å². The molecule has 3 N–H and O–H groups in total. The fourth-order valence-corrected chi connectivity index (χ4v) is 1.90. The zero-order valence-electron chi connectivity index (χ0n) is 9.27. The molecule has 0 radical (unpaired) electrons. The van der Waals surface area contributed by atoms with Gasteiger partial charge in [0.05, 0.1) is 6.67 Å². The van der Waals surface area contributed by atoms with Gasteiger partial charge in [0.2, 0.25) is 0 Å². The van der Waals surface area contributed by atoms with Gasteiger partial charge in [0.15, 0.2) is 0 Å². The average molecular weight is 256 g/mol. The van der Waals surface area contributed by atoms with E-state index in [4.69, 9.17) is 5.73 Å². The first-order chi connectivity index (χ1) is 7.74. The van der Waals surface area contributed by atoms with Crippen molar-refractivity contribution in [2.75, 3.05) is 6.67 Å². The van der Waals surface area contributed by atoms with Crippen molar-refractivity contribution in [3.05, 3.63) is 42.0 Å². The first-order valence-corrected chi connectivity index (χ1v) is 5.26. The maximum atomic E-state index is 12.3. The maximum absolute atomic E-state index is 12.3. The summed E-state index contributed by atoms with van der Waals surface area (Å²) in [6, 6.07) is 10.5. The fourth-order valence-electron chi connectivity index (χ4n) is 1.90. The number of alkyl halides is 1. The van der Waals surface area contributed by atoms with E-state index < -0.39 is 6.67 Å². The number of phenolic OH excluding ortho intramolecular Hbond substituents is 1. The van der Waals surface area contributed by atoms with Crippen molar-refractivity contribution in [2.24, 2.45) is 5.73 Å². The number of benzene rings is 2. The third-order valence-electron chi connectivity index (χ3n) is 2.75. The Kier molecular flexibility index (Phi) is 4.73. The number of aromatic hydroxyl groups is 1. The van der Waals surface area contributed by atoms with Gasteiger partial charge < -0.3 is 10.8 Å². The van der Waals surface area contributed by atoms with Gasteiger partial charge in [-0.2, -0.15) is 0 Å². The van der Waals surface area contributed by atoms with E-state index in [0.717, 1.165) is 16.3 Å². The molecule has 0 spiro atoms. The van der Waals surface area contributed by atoms with Crippen LogP contribution in [-0.2, 0) is 0 Å². The van der Waals surface area contributed by atoms with Crippen LogP contribution in [0.2, 0.25) is 0 Å². The third-order valence-corrected chi connectivity index (χ3v) is 2.75. The van der Waals surface area contributed by atoms with Crippen LogP contribution in [0.5, 0.6) is 5.75 Å². The van der Waals surface area contributed by atoms with Gasteiger partial charge in [0, 0.05) is 11.4 Å². The van der Waals surface area contributed by atoms with Gasteiger partial charge in [-0.3, -0.25) is 4.39 Å². The first kappa shape index (κ1) is 13.7. The van der Waals surface area contributed by atoms with Crippen LogP contribution in [0.3, 0.4) is 0 Å². The quantitative estimate of drug-likeness (QED) is 0.884. The molecule has 2 nitrogen and oxygen atoms in total. The lowest BCUT2D eigenvalue weighted by molar-refractivity contribution is 0.442. The summed E-state index contributed by atoms with van der Waals surface area (Å²) in [4.78, 5) is 0. The zero-order chi connectivity index (χ0) is 11.5. The molecule has 0 unspecified atom stereocenters. The van der Waals surface area contributed by atoms with E-state index in [-0.39, 0.29) is 24.2 Å². The first-order valence-electron chi connectivity index (χ1n) is 5.26. The molecular formula is C13H15ClFNO. The largest absolute Gasteiger partial charge is 0.507 e. The summed E-state index contributed by atoms with van der Waals surface area (Å²) >= 11 is 0. The highest BCUT2D eigenvalue weighted by molar-refractivity contribution is 5.91. The Morgan fingerprint density at radius 2 is 1.76 bits per heavy atom. The summed E-state index contributed by atoms with van der Waals surface area (Å²) in [7, 11) is 0. The molecule has 0 aliphatic rings. The Bertz CT molecular complexity index is 504. The summed E-state index contributed by atoms with van der Waals surface area (Å²) in [6.07, 6.45) is 0.300. The summed E-state index contributed by atoms with van der Waals surface area (Å²) in [5.41, 5.74) is 6.78. The number of rotatable bonds is 3. The minimum Gasteiger partial charge on any atom is -0.507 e. The van der Waals surface area contributed by atoms with Crippen molar-refractivity contribution in [3.8, 4) is 5.75 Å². The van der Waals surface area contributed by atoms with Crippen LogP contribution >= 0.6 is 12.4 Å². The highest BCUT2D eigenvalue weighted by Gasteiger charge is 2.11. The van der Waals surface area contributed by atoms with Crippen molar-refractivity contribution in [1.29, 1.82) is 0 Å². The third kappa shape index (κ3) is 2.68. The predicted molar refractivity (Wildman–Crippen MR) is 70.4 cm³/mol. The van der Waals surface area contributed by atoms with E-state index in [1.807, 2.05) is 24.3 Å². The zero-order valence-corrected chi connectivity index (χ0v) is 10.1. The molecule has 2 aromatic carbocycles. The van der Waals surface area contributed by atoms with E-state index in [0.29, 0.717) is 6.42 Å². The summed E-state index contributed by atoms with van der Waals surface area (Å²) < 4.78 is 12.3. The van der Waals surface area contributed by atoms with Gasteiger partial charge >= 0.3 is 0 Å². The molecule has 0 fully saturated rings. The highest BCUT2D eigenvalue weighted by atomic mass is 35.5. The molecule has 2 aromatic rings. The molecule has 0 aromatic heterocycles. The SMILES string of the molecule is Cl.N[C@@H](CCF)c1ccc(O)c2ccccc12. The van der Waals surface area contributed by atoms with Crippen LogP contribution in [0, 0.1) is 0 Å². The molecule has 1 atom stereocenters. The van der Waals surface area contributed by atoms with E-state index in [2.05, 4.69) is 0 Å². The number of nitrogens with two attached hydrogens (primary N) is 1. The average Bonchev–Trinajstić information content (AvgIpc) is 2.30. The van der Waals surface area contributed by atoms with Gasteiger partial charge in [-0.05, 0) is 23.4 Å². The van der Waals surface area contributed by atoms with Gasteiger partial charge in [0.25, 0.3) is 0 Å². The number of halogens is 2. The van der Waals surface area contributed by atoms with Crippen molar-refractivity contribution in [2.45, 2.75) is 12.5 Å². The van der Waals surface area contributed by atoms with E-state index in [9.17, 15) is 9.50 Å². The normalized spacial score (nSPS) is 12.1. The second-order valence-corrected chi connectivity index (χ2v) is 3.80. The Morgan fingerprint density at radius 1 is 1.12 bits per heavy atom. The van der Waals surface area contributed by atoms with Crippen molar-refractivity contribution in [1.82, 2.24) is 0 Å². The number of hydrogen-bond donors (Lipinski definition) is 2. The fraction of sp³-hybridized carbons (Fsp3) is 0.231. The smallest absolute Gasteiger partial charge is 0.123 e. The molecule has 0 saturated carbocycles. The van der Waals surface area contributed by atoms with Gasteiger partial charge in [-0.15, -0.1) is 12.4 Å². The van der Waals surface area contributed by atoms with Crippen molar-refractivity contribution >= 4 is 23.2 Å². The lowest BCUT2D eigenvalue weighted by Gasteiger charge is -2.13. The minimum atomic E-state index is -0.434. The van der Waals surface area contributed by atoms with Gasteiger partial charge in [-0.1, -0.05) is 30.3 Å². The second kappa shape index (κ2) is 5.84. The van der Waals surface area contributed by atoms with Crippen LogP contribution in [0.1, 0.15) is 18.0 Å². The second-order valence-electron chi connectivity index (χ2n) is 3.80. The molecule has 17 heavy (non-hydrogen) atoms. The van der Waals surface area contributed by atoms with Crippen LogP contribution in [0.4, 0.5) is 4.39 Å². The van der Waals surface area contributed by atoms with E-state index >= 15 is 0 Å². The van der Waals surface area contributed by atoms with Crippen molar-refractivity contribution in [3.63, 3.8) is 0 Å².